The molecule has 4 heteroatoms. The largest absolute Gasteiger partial charge is 0.396 e. The van der Waals surface area contributed by atoms with Crippen LogP contribution < -0.4 is 0 Å². The lowest BCUT2D eigenvalue weighted by molar-refractivity contribution is 0.112. The van der Waals surface area contributed by atoms with Crippen molar-refractivity contribution in [1.82, 2.24) is 9.38 Å². The van der Waals surface area contributed by atoms with Crippen LogP contribution in [-0.2, 0) is 6.42 Å². The Hall–Kier alpha value is -1.68. The average Bonchev–Trinajstić information content (AvgIpc) is 2.67. The van der Waals surface area contributed by atoms with Gasteiger partial charge in [-0.1, -0.05) is 0 Å². The summed E-state index contributed by atoms with van der Waals surface area (Å²) in [5, 5.41) is 8.70. The van der Waals surface area contributed by atoms with Gasteiger partial charge in [0.2, 0.25) is 0 Å². The van der Waals surface area contributed by atoms with Gasteiger partial charge in [-0.2, -0.15) is 0 Å². The molecule has 2 aromatic heterocycles. The topological polar surface area (TPSA) is 54.6 Å². The summed E-state index contributed by atoms with van der Waals surface area (Å²) in [5.74, 6) is 0. The van der Waals surface area contributed by atoms with Crippen LogP contribution in [0.5, 0.6) is 0 Å². The number of fused-ring (bicyclic) bond motifs is 1. The van der Waals surface area contributed by atoms with Crippen LogP contribution in [0.25, 0.3) is 5.65 Å². The highest BCUT2D eigenvalue weighted by molar-refractivity contribution is 5.76. The molecule has 1 N–H and O–H groups in total. The predicted octanol–water partition coefficient (Wildman–Crippen LogP) is 1.07. The smallest absolute Gasteiger partial charge is 0.150 e. The van der Waals surface area contributed by atoms with Crippen LogP contribution in [0.1, 0.15) is 22.5 Å². The molecule has 0 aliphatic rings. The summed E-state index contributed by atoms with van der Waals surface area (Å²) < 4.78 is 1.87. The van der Waals surface area contributed by atoms with Crippen LogP contribution in [0.15, 0.2) is 24.5 Å². The Labute approximate surface area is 87.2 Å². The van der Waals surface area contributed by atoms with Gasteiger partial charge >= 0.3 is 0 Å². The van der Waals surface area contributed by atoms with Gasteiger partial charge < -0.3 is 9.51 Å². The minimum absolute atomic E-state index is 0.174. The summed E-state index contributed by atoms with van der Waals surface area (Å²) in [6.07, 6.45) is 6.01. The Morgan fingerprint density at radius 1 is 1.53 bits per heavy atom. The second-order valence-corrected chi connectivity index (χ2v) is 3.40. The van der Waals surface area contributed by atoms with E-state index in [1.54, 1.807) is 12.1 Å². The van der Waals surface area contributed by atoms with Gasteiger partial charge in [0.15, 0.2) is 0 Å². The molecule has 0 spiro atoms. The van der Waals surface area contributed by atoms with Crippen molar-refractivity contribution in [2.45, 2.75) is 12.8 Å². The van der Waals surface area contributed by atoms with E-state index < -0.39 is 0 Å². The van der Waals surface area contributed by atoms with Gasteiger partial charge in [-0.15, -0.1) is 0 Å². The molecule has 0 saturated heterocycles. The quantitative estimate of drug-likeness (QED) is 0.758. The molecular formula is C11H12N2O2. The molecule has 0 amide bonds. The number of aliphatic hydroxyl groups is 1. The lowest BCUT2D eigenvalue weighted by atomic mass is 10.3. The first kappa shape index (κ1) is 9.86. The third-order valence-corrected chi connectivity index (χ3v) is 2.26. The fourth-order valence-electron chi connectivity index (χ4n) is 1.50. The Kier molecular flexibility index (Phi) is 2.78. The summed E-state index contributed by atoms with van der Waals surface area (Å²) >= 11 is 0. The zero-order valence-corrected chi connectivity index (χ0v) is 8.26. The average molecular weight is 204 g/mol. The molecular weight excluding hydrogens is 192 g/mol. The molecule has 0 aliphatic carbocycles. The molecule has 4 nitrogen and oxygen atoms in total. The van der Waals surface area contributed by atoms with E-state index in [0.717, 1.165) is 24.0 Å². The Morgan fingerprint density at radius 3 is 3.13 bits per heavy atom. The summed E-state index contributed by atoms with van der Waals surface area (Å²) in [6, 6.07) is 3.49. The molecule has 78 valence electrons. The zero-order valence-electron chi connectivity index (χ0n) is 8.26. The van der Waals surface area contributed by atoms with E-state index in [2.05, 4.69) is 4.98 Å². The number of aryl methyl sites for hydroxylation is 1. The number of carbonyl (C=O) groups excluding carboxylic acids is 1. The van der Waals surface area contributed by atoms with Crippen molar-refractivity contribution in [1.29, 1.82) is 0 Å². The van der Waals surface area contributed by atoms with Crippen molar-refractivity contribution in [3.63, 3.8) is 0 Å². The number of nitrogens with zero attached hydrogens (tertiary/aromatic N) is 2. The molecule has 0 aliphatic heterocycles. The van der Waals surface area contributed by atoms with Crippen molar-refractivity contribution >= 4 is 11.9 Å². The van der Waals surface area contributed by atoms with Crippen molar-refractivity contribution in [3.05, 3.63) is 35.8 Å². The predicted molar refractivity (Wildman–Crippen MR) is 56.0 cm³/mol. The minimum atomic E-state index is 0.174. The van der Waals surface area contributed by atoms with Gasteiger partial charge in [0, 0.05) is 24.6 Å². The number of aromatic nitrogens is 2. The molecule has 0 aromatic carbocycles. The second kappa shape index (κ2) is 4.23. The molecule has 15 heavy (non-hydrogen) atoms. The van der Waals surface area contributed by atoms with Gasteiger partial charge in [0.05, 0.1) is 5.69 Å². The Bertz CT molecular complexity index is 476. The highest BCUT2D eigenvalue weighted by Gasteiger charge is 2.01. The Morgan fingerprint density at radius 2 is 2.40 bits per heavy atom. The van der Waals surface area contributed by atoms with E-state index in [4.69, 9.17) is 5.11 Å². The number of aliphatic hydroxyl groups excluding tert-OH is 1. The maximum atomic E-state index is 10.6. The first-order valence-electron chi connectivity index (χ1n) is 4.87. The zero-order chi connectivity index (χ0) is 10.7. The number of pyridine rings is 1. The normalized spacial score (nSPS) is 10.7. The maximum Gasteiger partial charge on any atom is 0.150 e. The molecule has 0 unspecified atom stereocenters. The lowest BCUT2D eigenvalue weighted by Crippen LogP contribution is -1.88. The first-order chi connectivity index (χ1) is 7.33. The molecule has 2 rings (SSSR count). The fourth-order valence-corrected chi connectivity index (χ4v) is 1.50. The number of hydrogen-bond donors (Lipinski definition) is 1. The number of imidazole rings is 1. The van der Waals surface area contributed by atoms with Crippen molar-refractivity contribution in [2.24, 2.45) is 0 Å². The number of hydrogen-bond acceptors (Lipinski definition) is 3. The molecule has 0 bridgehead atoms. The fraction of sp³-hybridized carbons (Fsp3) is 0.273. The van der Waals surface area contributed by atoms with E-state index in [1.807, 2.05) is 16.8 Å². The molecule has 2 heterocycles. The highest BCUT2D eigenvalue weighted by atomic mass is 16.2. The summed E-state index contributed by atoms with van der Waals surface area (Å²) in [7, 11) is 0. The standard InChI is InChI=1S/C11H12N2O2/c14-5-1-2-10-7-13-4-3-9(8-15)6-11(13)12-10/h3-4,6-8,14H,1-2,5H2. The van der Waals surface area contributed by atoms with E-state index in [1.165, 1.54) is 0 Å². The number of aldehydes is 1. The number of carbonyl (C=O) groups is 1. The van der Waals surface area contributed by atoms with Crippen molar-refractivity contribution < 1.29 is 9.90 Å². The minimum Gasteiger partial charge on any atom is -0.396 e. The van der Waals surface area contributed by atoms with Gasteiger partial charge in [0.25, 0.3) is 0 Å². The molecule has 0 radical (unpaired) electrons. The van der Waals surface area contributed by atoms with E-state index in [9.17, 15) is 4.79 Å². The lowest BCUT2D eigenvalue weighted by Gasteiger charge is -1.91. The van der Waals surface area contributed by atoms with Gasteiger partial charge in [0.1, 0.15) is 11.9 Å². The highest BCUT2D eigenvalue weighted by Crippen LogP contribution is 2.08. The summed E-state index contributed by atoms with van der Waals surface area (Å²) in [6.45, 7) is 0.174. The molecule has 2 aromatic rings. The van der Waals surface area contributed by atoms with Gasteiger partial charge in [-0.05, 0) is 25.0 Å². The summed E-state index contributed by atoms with van der Waals surface area (Å²) in [4.78, 5) is 14.9. The van der Waals surface area contributed by atoms with E-state index in [0.29, 0.717) is 12.0 Å². The van der Waals surface area contributed by atoms with Crippen LogP contribution in [0.3, 0.4) is 0 Å². The molecule has 0 saturated carbocycles. The first-order valence-corrected chi connectivity index (χ1v) is 4.87. The van der Waals surface area contributed by atoms with Crippen LogP contribution >= 0.6 is 0 Å². The van der Waals surface area contributed by atoms with Crippen LogP contribution in [-0.4, -0.2) is 27.4 Å². The van der Waals surface area contributed by atoms with Crippen LogP contribution in [0.4, 0.5) is 0 Å². The Balaban J connectivity index is 2.33. The maximum absolute atomic E-state index is 10.6. The molecule has 0 fully saturated rings. The van der Waals surface area contributed by atoms with Crippen LogP contribution in [0, 0.1) is 0 Å². The monoisotopic (exact) mass is 204 g/mol. The van der Waals surface area contributed by atoms with E-state index in [-0.39, 0.29) is 6.61 Å². The third-order valence-electron chi connectivity index (χ3n) is 2.26. The number of rotatable bonds is 4. The SMILES string of the molecule is O=Cc1ccn2cc(CCCO)nc2c1. The molecule has 0 atom stereocenters. The third kappa shape index (κ3) is 2.05. The van der Waals surface area contributed by atoms with Crippen LogP contribution in [0.2, 0.25) is 0 Å². The summed E-state index contributed by atoms with van der Waals surface area (Å²) in [5.41, 5.74) is 2.33. The second-order valence-electron chi connectivity index (χ2n) is 3.40. The van der Waals surface area contributed by atoms with Gasteiger partial charge in [-0.3, -0.25) is 4.79 Å². The van der Waals surface area contributed by atoms with Crippen molar-refractivity contribution in [3.8, 4) is 0 Å². The van der Waals surface area contributed by atoms with Gasteiger partial charge in [-0.25, -0.2) is 4.98 Å². The van der Waals surface area contributed by atoms with Crippen molar-refractivity contribution in [2.75, 3.05) is 6.61 Å². The van der Waals surface area contributed by atoms with E-state index >= 15 is 0 Å².